The maximum absolute atomic E-state index is 12.4. The lowest BCUT2D eigenvalue weighted by Crippen LogP contribution is -2.30. The molecule has 1 aliphatic heterocycles. The molecule has 2 amide bonds. The number of benzene rings is 1. The Bertz CT molecular complexity index is 846. The number of nitrogens with zero attached hydrogens (tertiary/aromatic N) is 3. The summed E-state index contributed by atoms with van der Waals surface area (Å²) in [6.07, 6.45) is 8.11. The summed E-state index contributed by atoms with van der Waals surface area (Å²) in [6.45, 7) is 6.14. The van der Waals surface area contributed by atoms with Crippen molar-refractivity contribution < 1.29 is 9.59 Å². The van der Waals surface area contributed by atoms with Crippen molar-refractivity contribution in [3.05, 3.63) is 39.8 Å². The Kier molecular flexibility index (Phi) is 9.42. The number of hydrogen-bond acceptors (Lipinski definition) is 6. The summed E-state index contributed by atoms with van der Waals surface area (Å²) >= 11 is 1.29. The normalized spacial score (nSPS) is 14.7. The molecule has 0 atom stereocenters. The summed E-state index contributed by atoms with van der Waals surface area (Å²) in [4.78, 5) is 27.0. The Morgan fingerprint density at radius 2 is 1.84 bits per heavy atom. The van der Waals surface area contributed by atoms with Crippen LogP contribution in [0.25, 0.3) is 0 Å². The number of carbonyl (C=O) groups excluding carboxylic acids is 2. The number of carbonyl (C=O) groups is 2. The van der Waals surface area contributed by atoms with Gasteiger partial charge in [0, 0.05) is 25.1 Å². The highest BCUT2D eigenvalue weighted by atomic mass is 32.1. The summed E-state index contributed by atoms with van der Waals surface area (Å²) in [7, 11) is 0. The van der Waals surface area contributed by atoms with E-state index in [4.69, 9.17) is 0 Å². The molecule has 1 aromatic carbocycles. The maximum atomic E-state index is 12.4. The van der Waals surface area contributed by atoms with Crippen LogP contribution in [0.4, 0.5) is 5.69 Å². The van der Waals surface area contributed by atoms with Crippen LogP contribution in [0.2, 0.25) is 0 Å². The number of rotatable bonds is 10. The van der Waals surface area contributed by atoms with Gasteiger partial charge in [0.05, 0.1) is 0 Å². The Labute approximate surface area is 188 Å². The number of likely N-dealkylation sites (tertiary alicyclic amines) is 1. The van der Waals surface area contributed by atoms with Gasteiger partial charge >= 0.3 is 0 Å². The zero-order valence-corrected chi connectivity index (χ0v) is 19.2. The molecule has 1 aromatic heterocycles. The van der Waals surface area contributed by atoms with Crippen molar-refractivity contribution >= 4 is 28.8 Å². The first-order valence-corrected chi connectivity index (χ1v) is 12.1. The highest BCUT2D eigenvalue weighted by Crippen LogP contribution is 2.17. The number of anilines is 1. The van der Waals surface area contributed by atoms with Crippen LogP contribution in [0, 0.1) is 6.92 Å². The first kappa shape index (κ1) is 23.3. The minimum atomic E-state index is -0.250. The van der Waals surface area contributed by atoms with Gasteiger partial charge in [-0.15, -0.1) is 10.2 Å². The summed E-state index contributed by atoms with van der Waals surface area (Å²) < 4.78 is 0. The molecule has 2 heterocycles. The topological polar surface area (TPSA) is 87.2 Å². The van der Waals surface area contributed by atoms with Crippen molar-refractivity contribution in [3.63, 3.8) is 0 Å². The fraction of sp³-hybridized carbons (Fsp3) is 0.565. The molecule has 0 aliphatic carbocycles. The standard InChI is InChI=1S/C23H33N5O2S/c1-18-10-4-5-11-19(18)25-22(30)23-27-26-21(31-23)13-8-12-20(29)24-14-9-17-28-15-6-2-3-7-16-28/h4-5,10-11H,2-3,6-9,12-17H2,1H3,(H,24,29)(H,25,30). The van der Waals surface area contributed by atoms with Crippen molar-refractivity contribution in [2.75, 3.05) is 31.5 Å². The van der Waals surface area contributed by atoms with E-state index in [1.54, 1.807) is 0 Å². The zero-order valence-electron chi connectivity index (χ0n) is 18.4. The number of aryl methyl sites for hydroxylation is 2. The summed E-state index contributed by atoms with van der Waals surface area (Å²) in [5, 5.41) is 15.1. The van der Waals surface area contributed by atoms with Crippen molar-refractivity contribution in [3.8, 4) is 0 Å². The third-order valence-electron chi connectivity index (χ3n) is 5.52. The second-order valence-corrected chi connectivity index (χ2v) is 9.14. The van der Waals surface area contributed by atoms with Crippen LogP contribution in [-0.2, 0) is 11.2 Å². The van der Waals surface area contributed by atoms with Gasteiger partial charge in [-0.3, -0.25) is 9.59 Å². The Balaban J connectivity index is 1.30. The van der Waals surface area contributed by atoms with E-state index in [0.29, 0.717) is 24.3 Å². The SMILES string of the molecule is Cc1ccccc1NC(=O)c1nnc(CCCC(=O)NCCCN2CCCCCC2)s1. The van der Waals surface area contributed by atoms with Gasteiger partial charge in [0.2, 0.25) is 10.9 Å². The minimum Gasteiger partial charge on any atom is -0.356 e. The van der Waals surface area contributed by atoms with E-state index in [-0.39, 0.29) is 11.8 Å². The molecule has 0 unspecified atom stereocenters. The van der Waals surface area contributed by atoms with Crippen LogP contribution >= 0.6 is 11.3 Å². The van der Waals surface area contributed by atoms with Gasteiger partial charge in [0.1, 0.15) is 5.01 Å². The summed E-state index contributed by atoms with van der Waals surface area (Å²) in [5.74, 6) is -0.168. The predicted molar refractivity (Wildman–Crippen MR) is 125 cm³/mol. The number of para-hydroxylation sites is 1. The third kappa shape index (κ3) is 8.03. The lowest BCUT2D eigenvalue weighted by atomic mass is 10.2. The van der Waals surface area contributed by atoms with Gasteiger partial charge in [-0.2, -0.15) is 0 Å². The second-order valence-electron chi connectivity index (χ2n) is 8.08. The van der Waals surface area contributed by atoms with Crippen LogP contribution in [0.3, 0.4) is 0 Å². The van der Waals surface area contributed by atoms with Crippen molar-refractivity contribution in [2.24, 2.45) is 0 Å². The summed E-state index contributed by atoms with van der Waals surface area (Å²) in [5.41, 5.74) is 1.77. The Morgan fingerprint density at radius 1 is 1.06 bits per heavy atom. The van der Waals surface area contributed by atoms with E-state index < -0.39 is 0 Å². The van der Waals surface area contributed by atoms with Crippen molar-refractivity contribution in [2.45, 2.75) is 58.3 Å². The number of hydrogen-bond donors (Lipinski definition) is 2. The maximum Gasteiger partial charge on any atom is 0.286 e. The fourth-order valence-electron chi connectivity index (χ4n) is 3.71. The van der Waals surface area contributed by atoms with Crippen LogP contribution < -0.4 is 10.6 Å². The van der Waals surface area contributed by atoms with Crippen molar-refractivity contribution in [1.29, 1.82) is 0 Å². The zero-order chi connectivity index (χ0) is 21.9. The Morgan fingerprint density at radius 3 is 2.61 bits per heavy atom. The molecule has 3 rings (SSSR count). The molecule has 1 aliphatic rings. The average Bonchev–Trinajstić information content (AvgIpc) is 3.08. The molecule has 0 radical (unpaired) electrons. The number of nitrogens with one attached hydrogen (secondary N) is 2. The van der Waals surface area contributed by atoms with Crippen LogP contribution in [0.1, 0.15) is 65.3 Å². The highest BCUT2D eigenvalue weighted by molar-refractivity contribution is 7.13. The number of amides is 2. The minimum absolute atomic E-state index is 0.0814. The van der Waals surface area contributed by atoms with E-state index in [1.807, 2.05) is 31.2 Å². The summed E-state index contributed by atoms with van der Waals surface area (Å²) in [6, 6.07) is 7.62. The predicted octanol–water partition coefficient (Wildman–Crippen LogP) is 3.80. The molecular weight excluding hydrogens is 410 g/mol. The third-order valence-corrected chi connectivity index (χ3v) is 6.50. The first-order valence-electron chi connectivity index (χ1n) is 11.3. The van der Waals surface area contributed by atoms with Gasteiger partial charge in [-0.1, -0.05) is 42.4 Å². The van der Waals surface area contributed by atoms with Crippen LogP contribution in [-0.4, -0.2) is 53.1 Å². The fourth-order valence-corrected chi connectivity index (χ4v) is 4.49. The lowest BCUT2D eigenvalue weighted by molar-refractivity contribution is -0.121. The molecule has 0 saturated carbocycles. The molecule has 7 nitrogen and oxygen atoms in total. The first-order chi connectivity index (χ1) is 15.1. The van der Waals surface area contributed by atoms with Crippen molar-refractivity contribution in [1.82, 2.24) is 20.4 Å². The monoisotopic (exact) mass is 443 g/mol. The van der Waals surface area contributed by atoms with Gasteiger partial charge in [-0.05, 0) is 63.9 Å². The molecule has 168 valence electrons. The average molecular weight is 444 g/mol. The largest absolute Gasteiger partial charge is 0.356 e. The molecule has 8 heteroatoms. The molecule has 2 N–H and O–H groups in total. The molecular formula is C23H33N5O2S. The van der Waals surface area contributed by atoms with Gasteiger partial charge in [0.25, 0.3) is 5.91 Å². The molecule has 31 heavy (non-hydrogen) atoms. The molecule has 0 bridgehead atoms. The van der Waals surface area contributed by atoms with Crippen LogP contribution in [0.5, 0.6) is 0 Å². The second kappa shape index (κ2) is 12.5. The molecule has 1 fully saturated rings. The molecule has 1 saturated heterocycles. The van der Waals surface area contributed by atoms with Gasteiger partial charge < -0.3 is 15.5 Å². The van der Waals surface area contributed by atoms with E-state index in [2.05, 4.69) is 25.7 Å². The number of aromatic nitrogens is 2. The quantitative estimate of drug-likeness (QED) is 0.546. The van der Waals surface area contributed by atoms with E-state index >= 15 is 0 Å². The van der Waals surface area contributed by atoms with E-state index in [9.17, 15) is 9.59 Å². The molecule has 2 aromatic rings. The van der Waals surface area contributed by atoms with E-state index in [1.165, 1.54) is 50.1 Å². The smallest absolute Gasteiger partial charge is 0.286 e. The van der Waals surface area contributed by atoms with Gasteiger partial charge in [0.15, 0.2) is 0 Å². The van der Waals surface area contributed by atoms with Gasteiger partial charge in [-0.25, -0.2) is 0 Å². The molecule has 0 spiro atoms. The van der Waals surface area contributed by atoms with Crippen LogP contribution in [0.15, 0.2) is 24.3 Å². The lowest BCUT2D eigenvalue weighted by Gasteiger charge is -2.19. The van der Waals surface area contributed by atoms with E-state index in [0.717, 1.165) is 35.8 Å². The highest BCUT2D eigenvalue weighted by Gasteiger charge is 2.14. The Hall–Kier alpha value is -2.32.